The Hall–Kier alpha value is -3.80. The molecule has 26 heavy (non-hydrogen) atoms. The lowest BCUT2D eigenvalue weighted by molar-refractivity contribution is 1.34. The number of nitrogen functional groups attached to an aromatic ring is 2. The number of hydrogen-bond acceptors (Lipinski definition) is 4. The van der Waals surface area contributed by atoms with Crippen LogP contribution in [0.1, 0.15) is 0 Å². The Bertz CT molecular complexity index is 967. The highest BCUT2D eigenvalue weighted by molar-refractivity contribution is 5.78. The molecule has 0 unspecified atom stereocenters. The molecule has 0 saturated carbocycles. The summed E-state index contributed by atoms with van der Waals surface area (Å²) in [6.45, 7) is 0. The predicted octanol–water partition coefficient (Wildman–Crippen LogP) is 3.98. The summed E-state index contributed by atoms with van der Waals surface area (Å²) in [4.78, 5) is 14.0. The van der Waals surface area contributed by atoms with Gasteiger partial charge in [0.25, 0.3) is 0 Å². The number of aromatic nitrogens is 4. The van der Waals surface area contributed by atoms with Crippen molar-refractivity contribution in [1.29, 1.82) is 0 Å². The summed E-state index contributed by atoms with van der Waals surface area (Å²) in [5, 5.41) is 0. The monoisotopic (exact) mass is 344 g/mol. The molecule has 0 amide bonds. The number of H-pyrrole nitrogens is 2. The van der Waals surface area contributed by atoms with Crippen LogP contribution in [-0.2, 0) is 0 Å². The Labute approximate surface area is 150 Å². The van der Waals surface area contributed by atoms with Gasteiger partial charge < -0.3 is 21.4 Å². The molecule has 2 aromatic heterocycles. The van der Waals surface area contributed by atoms with Crippen LogP contribution < -0.4 is 11.5 Å². The van der Waals surface area contributed by atoms with Crippen LogP contribution >= 0.6 is 0 Å². The second kappa shape index (κ2) is 8.34. The van der Waals surface area contributed by atoms with E-state index in [2.05, 4.69) is 19.9 Å². The minimum Gasteiger partial charge on any atom is -0.399 e. The van der Waals surface area contributed by atoms with E-state index in [1.54, 1.807) is 12.7 Å². The Morgan fingerprint density at radius 1 is 0.577 bits per heavy atom. The molecule has 6 heteroatoms. The standard InChI is InChI=1S/2C7H7N3.C6H6/c2*8-5-1-2-6-7(3-5)10-4-9-6;1-2-4-6-5-3-1/h2*1-4H,8H2,(H,9,10);1-6H. The van der Waals surface area contributed by atoms with Crippen molar-refractivity contribution in [3.05, 3.63) is 85.5 Å². The number of anilines is 2. The summed E-state index contributed by atoms with van der Waals surface area (Å²) in [5.41, 5.74) is 16.5. The van der Waals surface area contributed by atoms with Crippen LogP contribution in [0, 0.1) is 0 Å². The molecular weight excluding hydrogens is 324 g/mol. The minimum absolute atomic E-state index is 0.761. The summed E-state index contributed by atoms with van der Waals surface area (Å²) >= 11 is 0. The van der Waals surface area contributed by atoms with Crippen molar-refractivity contribution >= 4 is 33.4 Å². The van der Waals surface area contributed by atoms with Crippen molar-refractivity contribution < 1.29 is 0 Å². The van der Waals surface area contributed by atoms with Crippen LogP contribution in [0.2, 0.25) is 0 Å². The average molecular weight is 344 g/mol. The van der Waals surface area contributed by atoms with Crippen LogP contribution in [0.3, 0.4) is 0 Å². The Balaban J connectivity index is 0.000000117. The molecule has 6 N–H and O–H groups in total. The number of nitrogens with zero attached hydrogens (tertiary/aromatic N) is 2. The fourth-order valence-electron chi connectivity index (χ4n) is 2.29. The van der Waals surface area contributed by atoms with Crippen molar-refractivity contribution in [2.75, 3.05) is 11.5 Å². The molecule has 5 rings (SSSR count). The van der Waals surface area contributed by atoms with E-state index >= 15 is 0 Å². The molecule has 0 aliphatic rings. The van der Waals surface area contributed by atoms with Crippen molar-refractivity contribution in [3.8, 4) is 0 Å². The highest BCUT2D eigenvalue weighted by atomic mass is 14.9. The highest BCUT2D eigenvalue weighted by Crippen LogP contribution is 2.12. The van der Waals surface area contributed by atoms with Crippen LogP contribution in [0.25, 0.3) is 22.1 Å². The van der Waals surface area contributed by atoms with Crippen LogP contribution in [0.4, 0.5) is 11.4 Å². The number of aromatic amines is 2. The van der Waals surface area contributed by atoms with Crippen molar-refractivity contribution in [3.63, 3.8) is 0 Å². The zero-order valence-electron chi connectivity index (χ0n) is 14.1. The molecule has 0 fully saturated rings. The highest BCUT2D eigenvalue weighted by Gasteiger charge is 1.93. The van der Waals surface area contributed by atoms with E-state index in [0.717, 1.165) is 33.4 Å². The first-order chi connectivity index (χ1) is 12.7. The maximum absolute atomic E-state index is 5.54. The fraction of sp³-hybridized carbons (Fsp3) is 0. The van der Waals surface area contributed by atoms with Gasteiger partial charge in [-0.3, -0.25) is 0 Å². The zero-order valence-corrected chi connectivity index (χ0v) is 14.1. The predicted molar refractivity (Wildman–Crippen MR) is 107 cm³/mol. The lowest BCUT2D eigenvalue weighted by Crippen LogP contribution is -1.82. The van der Waals surface area contributed by atoms with Gasteiger partial charge in [-0.1, -0.05) is 36.4 Å². The lowest BCUT2D eigenvalue weighted by atomic mass is 10.3. The molecule has 0 radical (unpaired) electrons. The van der Waals surface area contributed by atoms with E-state index < -0.39 is 0 Å². The second-order valence-corrected chi connectivity index (χ2v) is 5.51. The second-order valence-electron chi connectivity index (χ2n) is 5.51. The molecule has 130 valence electrons. The maximum atomic E-state index is 5.54. The van der Waals surface area contributed by atoms with Gasteiger partial charge in [0, 0.05) is 11.4 Å². The summed E-state index contributed by atoms with van der Waals surface area (Å²) in [6, 6.07) is 23.2. The van der Waals surface area contributed by atoms with Crippen LogP contribution in [0.5, 0.6) is 0 Å². The third kappa shape index (κ3) is 4.61. The van der Waals surface area contributed by atoms with Crippen molar-refractivity contribution in [2.45, 2.75) is 0 Å². The molecule has 0 atom stereocenters. The van der Waals surface area contributed by atoms with Gasteiger partial charge in [0.15, 0.2) is 0 Å². The summed E-state index contributed by atoms with van der Waals surface area (Å²) in [6.07, 6.45) is 3.31. The number of nitrogens with two attached hydrogens (primary N) is 2. The third-order valence-electron chi connectivity index (χ3n) is 3.56. The quantitative estimate of drug-likeness (QED) is 0.319. The summed E-state index contributed by atoms with van der Waals surface area (Å²) in [5.74, 6) is 0. The van der Waals surface area contributed by atoms with Crippen LogP contribution in [-0.4, -0.2) is 19.9 Å². The van der Waals surface area contributed by atoms with Crippen molar-refractivity contribution in [2.24, 2.45) is 0 Å². The maximum Gasteiger partial charge on any atom is 0.0931 e. The number of hydrogen-bond donors (Lipinski definition) is 4. The molecule has 0 aliphatic carbocycles. The normalized spacial score (nSPS) is 9.85. The largest absolute Gasteiger partial charge is 0.399 e. The molecule has 2 heterocycles. The Morgan fingerprint density at radius 3 is 1.35 bits per heavy atom. The van der Waals surface area contributed by atoms with Gasteiger partial charge in [-0.05, 0) is 36.4 Å². The molecule has 0 aliphatic heterocycles. The van der Waals surface area contributed by atoms with E-state index in [-0.39, 0.29) is 0 Å². The van der Waals surface area contributed by atoms with E-state index in [9.17, 15) is 0 Å². The molecule has 0 saturated heterocycles. The number of fused-ring (bicyclic) bond motifs is 2. The molecule has 0 spiro atoms. The van der Waals surface area contributed by atoms with E-state index in [1.165, 1.54) is 0 Å². The smallest absolute Gasteiger partial charge is 0.0931 e. The molecule has 3 aromatic carbocycles. The number of nitrogens with one attached hydrogen (secondary N) is 2. The van der Waals surface area contributed by atoms with Gasteiger partial charge in [0.05, 0.1) is 34.7 Å². The van der Waals surface area contributed by atoms with E-state index in [4.69, 9.17) is 11.5 Å². The first-order valence-corrected chi connectivity index (χ1v) is 8.09. The van der Waals surface area contributed by atoms with Gasteiger partial charge in [-0.15, -0.1) is 0 Å². The fourth-order valence-corrected chi connectivity index (χ4v) is 2.29. The van der Waals surface area contributed by atoms with Gasteiger partial charge in [-0.2, -0.15) is 0 Å². The number of imidazole rings is 2. The Morgan fingerprint density at radius 2 is 0.962 bits per heavy atom. The number of rotatable bonds is 0. The van der Waals surface area contributed by atoms with E-state index in [0.29, 0.717) is 0 Å². The summed E-state index contributed by atoms with van der Waals surface area (Å²) < 4.78 is 0. The van der Waals surface area contributed by atoms with Gasteiger partial charge in [0.1, 0.15) is 0 Å². The molecule has 0 bridgehead atoms. The van der Waals surface area contributed by atoms with Crippen molar-refractivity contribution in [1.82, 2.24) is 19.9 Å². The topological polar surface area (TPSA) is 109 Å². The van der Waals surface area contributed by atoms with Gasteiger partial charge >= 0.3 is 0 Å². The molecule has 6 nitrogen and oxygen atoms in total. The lowest BCUT2D eigenvalue weighted by Gasteiger charge is -1.89. The number of benzene rings is 3. The van der Waals surface area contributed by atoms with Crippen LogP contribution in [0.15, 0.2) is 85.5 Å². The summed E-state index contributed by atoms with van der Waals surface area (Å²) in [7, 11) is 0. The average Bonchev–Trinajstić information content (AvgIpc) is 3.32. The first-order valence-electron chi connectivity index (χ1n) is 8.09. The van der Waals surface area contributed by atoms with E-state index in [1.807, 2.05) is 72.8 Å². The SMILES string of the molecule is Nc1ccc2nc[nH]c2c1.Nc1ccc2nc[nH]c2c1.c1ccccc1. The minimum atomic E-state index is 0.761. The third-order valence-corrected chi connectivity index (χ3v) is 3.56. The first kappa shape index (κ1) is 17.0. The molecule has 5 aromatic rings. The zero-order chi connectivity index (χ0) is 18.2. The van der Waals surface area contributed by atoms with Gasteiger partial charge in [0.2, 0.25) is 0 Å². The molecular formula is C20H20N6. The van der Waals surface area contributed by atoms with Gasteiger partial charge in [-0.25, -0.2) is 9.97 Å². The Kier molecular flexibility index (Phi) is 5.47.